The Morgan fingerprint density at radius 3 is 1.68 bits per heavy atom. The standard InChI is InChI=1S/C33H43NO2Si/c1-32(2,3)37(5,6)36-31-22-24-34(26-27(31)23-25-35-4)33(28-16-10-7-11-17-28,29-18-12-8-13-19-29)30-20-14-9-15-21-30/h7-21,23,31H,22,24-26H2,1-6H3/b27-23+. The highest BCUT2D eigenvalue weighted by molar-refractivity contribution is 6.74. The lowest BCUT2D eigenvalue weighted by Gasteiger charge is -2.50. The Hall–Kier alpha value is -2.50. The zero-order chi connectivity index (χ0) is 26.5. The van der Waals surface area contributed by atoms with Gasteiger partial charge in [0.15, 0.2) is 8.32 Å². The van der Waals surface area contributed by atoms with Gasteiger partial charge in [0.25, 0.3) is 0 Å². The Morgan fingerprint density at radius 2 is 1.27 bits per heavy atom. The van der Waals surface area contributed by atoms with Crippen LogP contribution in [-0.2, 0) is 14.7 Å². The first-order valence-corrected chi connectivity index (χ1v) is 16.4. The van der Waals surface area contributed by atoms with Crippen molar-refractivity contribution in [3.05, 3.63) is 119 Å². The Bertz CT molecular complexity index is 1060. The van der Waals surface area contributed by atoms with Gasteiger partial charge < -0.3 is 9.16 Å². The predicted molar refractivity (Wildman–Crippen MR) is 157 cm³/mol. The molecule has 0 radical (unpaired) electrons. The van der Waals surface area contributed by atoms with Crippen molar-refractivity contribution in [2.45, 2.75) is 57.0 Å². The molecule has 1 saturated heterocycles. The van der Waals surface area contributed by atoms with Crippen LogP contribution in [-0.4, -0.2) is 46.1 Å². The monoisotopic (exact) mass is 513 g/mol. The van der Waals surface area contributed by atoms with Crippen molar-refractivity contribution in [3.8, 4) is 0 Å². The summed E-state index contributed by atoms with van der Waals surface area (Å²) in [5.74, 6) is 0. The van der Waals surface area contributed by atoms with Crippen LogP contribution < -0.4 is 0 Å². The van der Waals surface area contributed by atoms with E-state index in [2.05, 4.69) is 136 Å². The molecule has 1 aliphatic heterocycles. The predicted octanol–water partition coefficient (Wildman–Crippen LogP) is 7.65. The molecule has 3 nitrogen and oxygen atoms in total. The van der Waals surface area contributed by atoms with Crippen LogP contribution in [0, 0.1) is 0 Å². The van der Waals surface area contributed by atoms with Gasteiger partial charge in [-0.3, -0.25) is 4.90 Å². The number of rotatable bonds is 8. The summed E-state index contributed by atoms with van der Waals surface area (Å²) >= 11 is 0. The van der Waals surface area contributed by atoms with Crippen LogP contribution in [0.5, 0.6) is 0 Å². The maximum absolute atomic E-state index is 7.02. The highest BCUT2D eigenvalue weighted by Gasteiger charge is 2.46. The summed E-state index contributed by atoms with van der Waals surface area (Å²) in [6.07, 6.45) is 3.33. The van der Waals surface area contributed by atoms with Crippen molar-refractivity contribution >= 4 is 8.32 Å². The van der Waals surface area contributed by atoms with Crippen LogP contribution in [0.2, 0.25) is 18.1 Å². The van der Waals surface area contributed by atoms with Gasteiger partial charge in [0.05, 0.1) is 18.2 Å². The molecule has 0 spiro atoms. The highest BCUT2D eigenvalue weighted by atomic mass is 28.4. The molecule has 1 unspecified atom stereocenters. The molecule has 4 heteroatoms. The first-order valence-electron chi connectivity index (χ1n) is 13.5. The maximum Gasteiger partial charge on any atom is 0.192 e. The average molecular weight is 514 g/mol. The van der Waals surface area contributed by atoms with E-state index in [4.69, 9.17) is 9.16 Å². The normalized spacial score (nSPS) is 18.8. The molecular weight excluding hydrogens is 470 g/mol. The molecule has 1 atom stereocenters. The third-order valence-corrected chi connectivity index (χ3v) is 12.7. The van der Waals surface area contributed by atoms with Gasteiger partial charge in [-0.25, -0.2) is 0 Å². The zero-order valence-corrected chi connectivity index (χ0v) is 24.4. The number of likely N-dealkylation sites (tertiary alicyclic amines) is 1. The highest BCUT2D eigenvalue weighted by Crippen LogP contribution is 2.45. The first-order chi connectivity index (χ1) is 17.7. The number of hydrogen-bond acceptors (Lipinski definition) is 3. The summed E-state index contributed by atoms with van der Waals surface area (Å²) < 4.78 is 12.5. The topological polar surface area (TPSA) is 21.7 Å². The fourth-order valence-corrected chi connectivity index (χ4v) is 6.62. The van der Waals surface area contributed by atoms with Crippen LogP contribution in [0.3, 0.4) is 0 Å². The van der Waals surface area contributed by atoms with Crippen molar-refractivity contribution in [2.75, 3.05) is 26.8 Å². The van der Waals surface area contributed by atoms with E-state index in [9.17, 15) is 0 Å². The van der Waals surface area contributed by atoms with Crippen LogP contribution in [0.1, 0.15) is 43.9 Å². The SMILES string of the molecule is COC/C=C1\CN(C(c2ccccc2)(c2ccccc2)c2ccccc2)CCC1O[Si](C)(C)C(C)(C)C. The molecule has 0 N–H and O–H groups in total. The third-order valence-electron chi connectivity index (χ3n) is 8.25. The Balaban J connectivity index is 1.84. The summed E-state index contributed by atoms with van der Waals surface area (Å²) in [7, 11) is -0.166. The fourth-order valence-electron chi connectivity index (χ4n) is 5.29. The van der Waals surface area contributed by atoms with E-state index in [1.807, 2.05) is 0 Å². The number of methoxy groups -OCH3 is 1. The van der Waals surface area contributed by atoms with E-state index in [1.165, 1.54) is 22.3 Å². The Kier molecular flexibility index (Phi) is 8.55. The molecule has 0 aliphatic carbocycles. The number of nitrogens with zero attached hydrogens (tertiary/aromatic N) is 1. The second-order valence-corrected chi connectivity index (χ2v) is 16.4. The van der Waals surface area contributed by atoms with Crippen LogP contribution in [0.15, 0.2) is 103 Å². The minimum Gasteiger partial charge on any atom is -0.410 e. The molecule has 1 heterocycles. The Morgan fingerprint density at radius 1 is 0.811 bits per heavy atom. The van der Waals surface area contributed by atoms with Crippen LogP contribution in [0.4, 0.5) is 0 Å². The van der Waals surface area contributed by atoms with Crippen molar-refractivity contribution < 1.29 is 9.16 Å². The van der Waals surface area contributed by atoms with Gasteiger partial charge >= 0.3 is 0 Å². The molecule has 4 rings (SSSR count). The van der Waals surface area contributed by atoms with Gasteiger partial charge in [0.2, 0.25) is 0 Å². The van der Waals surface area contributed by atoms with Crippen LogP contribution in [0.25, 0.3) is 0 Å². The minimum absolute atomic E-state index is 0.118. The van der Waals surface area contributed by atoms with Crippen molar-refractivity contribution in [3.63, 3.8) is 0 Å². The summed E-state index contributed by atoms with van der Waals surface area (Å²) in [5.41, 5.74) is 4.74. The van der Waals surface area contributed by atoms with Crippen molar-refractivity contribution in [1.29, 1.82) is 0 Å². The molecule has 37 heavy (non-hydrogen) atoms. The second kappa shape index (κ2) is 11.5. The van der Waals surface area contributed by atoms with Gasteiger partial charge in [-0.15, -0.1) is 0 Å². The molecule has 0 saturated carbocycles. The van der Waals surface area contributed by atoms with E-state index in [-0.39, 0.29) is 11.1 Å². The second-order valence-electron chi connectivity index (χ2n) is 11.6. The molecule has 196 valence electrons. The number of benzene rings is 3. The first kappa shape index (κ1) is 27.5. The summed E-state index contributed by atoms with van der Waals surface area (Å²) in [5, 5.41) is 0.165. The van der Waals surface area contributed by atoms with Gasteiger partial charge in [-0.05, 0) is 46.8 Å². The maximum atomic E-state index is 7.02. The lowest BCUT2D eigenvalue weighted by molar-refractivity contribution is 0.0891. The molecule has 1 fully saturated rings. The molecule has 3 aromatic carbocycles. The van der Waals surface area contributed by atoms with E-state index in [0.29, 0.717) is 6.61 Å². The number of piperidine rings is 1. The van der Waals surface area contributed by atoms with Gasteiger partial charge in [-0.2, -0.15) is 0 Å². The molecule has 0 amide bonds. The van der Waals surface area contributed by atoms with E-state index >= 15 is 0 Å². The minimum atomic E-state index is -1.93. The van der Waals surface area contributed by atoms with Crippen molar-refractivity contribution in [2.24, 2.45) is 0 Å². The summed E-state index contributed by atoms with van der Waals surface area (Å²) in [4.78, 5) is 2.65. The third kappa shape index (κ3) is 5.68. The van der Waals surface area contributed by atoms with Gasteiger partial charge in [-0.1, -0.05) is 118 Å². The fraction of sp³-hybridized carbons (Fsp3) is 0.394. The zero-order valence-electron chi connectivity index (χ0n) is 23.4. The van der Waals surface area contributed by atoms with E-state index in [0.717, 1.165) is 19.5 Å². The summed E-state index contributed by atoms with van der Waals surface area (Å²) in [6.45, 7) is 14.0. The molecular formula is C33H43NO2Si. The lowest BCUT2D eigenvalue weighted by atomic mass is 9.74. The summed E-state index contributed by atoms with van der Waals surface area (Å²) in [6, 6.07) is 32.9. The number of ether oxygens (including phenoxy) is 1. The van der Waals surface area contributed by atoms with Crippen molar-refractivity contribution in [1.82, 2.24) is 4.90 Å². The van der Waals surface area contributed by atoms with Crippen LogP contribution >= 0.6 is 0 Å². The lowest BCUT2D eigenvalue weighted by Crippen LogP contribution is -2.55. The van der Waals surface area contributed by atoms with Gasteiger partial charge in [0, 0.05) is 20.2 Å². The largest absolute Gasteiger partial charge is 0.410 e. The Labute approximate surface area is 225 Å². The molecule has 3 aromatic rings. The molecule has 1 aliphatic rings. The molecule has 0 bridgehead atoms. The van der Waals surface area contributed by atoms with Gasteiger partial charge in [0.1, 0.15) is 0 Å². The quantitative estimate of drug-likeness (QED) is 0.175. The number of hydrogen-bond donors (Lipinski definition) is 0. The molecule has 0 aromatic heterocycles. The van der Waals surface area contributed by atoms with E-state index < -0.39 is 13.9 Å². The smallest absolute Gasteiger partial charge is 0.192 e. The van der Waals surface area contributed by atoms with E-state index in [1.54, 1.807) is 7.11 Å². The average Bonchev–Trinajstić information content (AvgIpc) is 2.90.